The van der Waals surface area contributed by atoms with Gasteiger partial charge >= 0.3 is 0 Å². The molecule has 0 saturated carbocycles. The average molecular weight is 177 g/mol. The molecule has 0 aromatic rings. The lowest BCUT2D eigenvalue weighted by atomic mass is 10.2. The number of aliphatic hydroxyl groups excluding tert-OH is 1. The first-order chi connectivity index (χ1) is 3.72. The molecule has 0 saturated heterocycles. The predicted molar refractivity (Wildman–Crippen MR) is 36.9 cm³/mol. The Morgan fingerprint density at radius 1 is 1.75 bits per heavy atom. The quantitative estimate of drug-likeness (QED) is 0.598. The van der Waals surface area contributed by atoms with E-state index in [4.69, 9.17) is 5.11 Å². The molecule has 0 aromatic heterocycles. The Hall–Kier alpha value is 0.180. The van der Waals surface area contributed by atoms with Crippen molar-refractivity contribution in [1.29, 1.82) is 0 Å². The zero-order valence-corrected chi connectivity index (χ0v) is 6.40. The van der Waals surface area contributed by atoms with Crippen LogP contribution in [0.15, 0.2) is 10.1 Å². The summed E-state index contributed by atoms with van der Waals surface area (Å²) in [7, 11) is 0. The zero-order chi connectivity index (χ0) is 6.15. The van der Waals surface area contributed by atoms with Crippen LogP contribution in [-0.2, 0) is 0 Å². The number of hydrogen-bond donors (Lipinski definition) is 1. The van der Waals surface area contributed by atoms with E-state index in [1.54, 1.807) is 0 Å². The molecule has 46 valence electrons. The zero-order valence-electron chi connectivity index (χ0n) is 4.82. The van der Waals surface area contributed by atoms with Crippen molar-refractivity contribution >= 4 is 15.9 Å². The van der Waals surface area contributed by atoms with Crippen molar-refractivity contribution < 1.29 is 5.11 Å². The molecule has 0 spiro atoms. The van der Waals surface area contributed by atoms with Gasteiger partial charge in [0.05, 0.1) is 6.10 Å². The highest BCUT2D eigenvalue weighted by molar-refractivity contribution is 9.11. The summed E-state index contributed by atoms with van der Waals surface area (Å²) in [6.45, 7) is 1.96. The lowest BCUT2D eigenvalue weighted by Crippen LogP contribution is -2.00. The van der Waals surface area contributed by atoms with Crippen LogP contribution in [0.1, 0.15) is 19.8 Å². The Morgan fingerprint density at radius 2 is 2.38 bits per heavy atom. The van der Waals surface area contributed by atoms with Gasteiger partial charge < -0.3 is 5.11 Å². The standard InChI is InChI=1S/C6H9BrO/c1-4-5(7)2-3-6(4)8/h6,8H,2-3H2,1H3. The maximum absolute atomic E-state index is 9.08. The van der Waals surface area contributed by atoms with Gasteiger partial charge in [0.2, 0.25) is 0 Å². The van der Waals surface area contributed by atoms with Crippen LogP contribution in [0.3, 0.4) is 0 Å². The van der Waals surface area contributed by atoms with Crippen molar-refractivity contribution in [3.05, 3.63) is 10.1 Å². The lowest BCUT2D eigenvalue weighted by molar-refractivity contribution is 0.212. The molecule has 0 aromatic carbocycles. The third-order valence-corrected chi connectivity index (χ3v) is 2.59. The van der Waals surface area contributed by atoms with E-state index in [0.717, 1.165) is 18.4 Å². The van der Waals surface area contributed by atoms with Crippen LogP contribution in [0.25, 0.3) is 0 Å². The SMILES string of the molecule is CC1=C(Br)CCC1O. The van der Waals surface area contributed by atoms with Gasteiger partial charge in [-0.1, -0.05) is 15.9 Å². The van der Waals surface area contributed by atoms with E-state index in [-0.39, 0.29) is 6.10 Å². The van der Waals surface area contributed by atoms with E-state index in [0.29, 0.717) is 0 Å². The highest BCUT2D eigenvalue weighted by atomic mass is 79.9. The first-order valence-corrected chi connectivity index (χ1v) is 3.54. The van der Waals surface area contributed by atoms with Crippen LogP contribution in [0.2, 0.25) is 0 Å². The molecule has 0 radical (unpaired) electrons. The number of halogens is 1. The fourth-order valence-electron chi connectivity index (χ4n) is 0.858. The Kier molecular flexibility index (Phi) is 1.73. The summed E-state index contributed by atoms with van der Waals surface area (Å²) < 4.78 is 1.19. The molecule has 1 unspecified atom stereocenters. The topological polar surface area (TPSA) is 20.2 Å². The highest BCUT2D eigenvalue weighted by Crippen LogP contribution is 2.29. The minimum atomic E-state index is -0.177. The summed E-state index contributed by atoms with van der Waals surface area (Å²) >= 11 is 3.36. The number of aliphatic hydroxyl groups is 1. The van der Waals surface area contributed by atoms with Crippen LogP contribution >= 0.6 is 15.9 Å². The molecule has 8 heavy (non-hydrogen) atoms. The fraction of sp³-hybridized carbons (Fsp3) is 0.667. The minimum Gasteiger partial charge on any atom is -0.389 e. The fourth-order valence-corrected chi connectivity index (χ4v) is 1.35. The van der Waals surface area contributed by atoms with Gasteiger partial charge in [0.1, 0.15) is 0 Å². The van der Waals surface area contributed by atoms with Gasteiger partial charge in [-0.15, -0.1) is 0 Å². The third-order valence-electron chi connectivity index (χ3n) is 1.56. The van der Waals surface area contributed by atoms with Gasteiger partial charge in [-0.05, 0) is 29.8 Å². The molecule has 1 rings (SSSR count). The minimum absolute atomic E-state index is 0.177. The van der Waals surface area contributed by atoms with E-state index in [1.807, 2.05) is 6.92 Å². The summed E-state index contributed by atoms with van der Waals surface area (Å²) in [6, 6.07) is 0. The van der Waals surface area contributed by atoms with E-state index in [9.17, 15) is 0 Å². The first kappa shape index (κ1) is 6.30. The van der Waals surface area contributed by atoms with Crippen molar-refractivity contribution in [1.82, 2.24) is 0 Å². The molecule has 0 bridgehead atoms. The van der Waals surface area contributed by atoms with Crippen molar-refractivity contribution in [2.45, 2.75) is 25.9 Å². The number of allylic oxidation sites excluding steroid dienone is 1. The smallest absolute Gasteiger partial charge is 0.0761 e. The van der Waals surface area contributed by atoms with Crippen molar-refractivity contribution in [2.75, 3.05) is 0 Å². The molecule has 1 aliphatic rings. The molecule has 1 N–H and O–H groups in total. The van der Waals surface area contributed by atoms with Gasteiger partial charge in [-0.2, -0.15) is 0 Å². The molecule has 2 heteroatoms. The molecular formula is C6H9BrO. The molecule has 1 atom stereocenters. The Balaban J connectivity index is 2.71. The average Bonchev–Trinajstić information content (AvgIpc) is 1.98. The largest absolute Gasteiger partial charge is 0.389 e. The molecule has 1 aliphatic carbocycles. The summed E-state index contributed by atoms with van der Waals surface area (Å²) in [5.74, 6) is 0. The van der Waals surface area contributed by atoms with Gasteiger partial charge in [0.15, 0.2) is 0 Å². The van der Waals surface area contributed by atoms with Crippen LogP contribution < -0.4 is 0 Å². The third kappa shape index (κ3) is 0.955. The van der Waals surface area contributed by atoms with E-state index in [2.05, 4.69) is 15.9 Å². The van der Waals surface area contributed by atoms with Crippen LogP contribution in [0.4, 0.5) is 0 Å². The molecule has 1 nitrogen and oxygen atoms in total. The summed E-state index contributed by atoms with van der Waals surface area (Å²) in [5, 5.41) is 9.08. The van der Waals surface area contributed by atoms with Gasteiger partial charge in [-0.3, -0.25) is 0 Å². The van der Waals surface area contributed by atoms with Crippen LogP contribution in [0, 0.1) is 0 Å². The van der Waals surface area contributed by atoms with Gasteiger partial charge in [0.25, 0.3) is 0 Å². The maximum Gasteiger partial charge on any atom is 0.0761 e. The summed E-state index contributed by atoms with van der Waals surface area (Å²) in [6.07, 6.45) is 1.73. The van der Waals surface area contributed by atoms with Crippen molar-refractivity contribution in [3.63, 3.8) is 0 Å². The van der Waals surface area contributed by atoms with E-state index in [1.165, 1.54) is 4.48 Å². The number of hydrogen-bond acceptors (Lipinski definition) is 1. The lowest BCUT2D eigenvalue weighted by Gasteiger charge is -1.98. The van der Waals surface area contributed by atoms with E-state index >= 15 is 0 Å². The second kappa shape index (κ2) is 2.19. The predicted octanol–water partition coefficient (Wildman–Crippen LogP) is 1.81. The Morgan fingerprint density at radius 3 is 2.50 bits per heavy atom. The van der Waals surface area contributed by atoms with Crippen molar-refractivity contribution in [3.8, 4) is 0 Å². The Bertz CT molecular complexity index is 128. The Labute approximate surface area is 57.5 Å². The maximum atomic E-state index is 9.08. The second-order valence-corrected chi connectivity index (χ2v) is 3.10. The van der Waals surface area contributed by atoms with Gasteiger partial charge in [0, 0.05) is 0 Å². The summed E-state index contributed by atoms with van der Waals surface area (Å²) in [5.41, 5.74) is 1.10. The molecule has 0 fully saturated rings. The van der Waals surface area contributed by atoms with Gasteiger partial charge in [-0.25, -0.2) is 0 Å². The first-order valence-electron chi connectivity index (χ1n) is 2.75. The molecule has 0 aliphatic heterocycles. The normalized spacial score (nSPS) is 29.6. The van der Waals surface area contributed by atoms with E-state index < -0.39 is 0 Å². The summed E-state index contributed by atoms with van der Waals surface area (Å²) in [4.78, 5) is 0. The second-order valence-electron chi connectivity index (χ2n) is 2.14. The van der Waals surface area contributed by atoms with Crippen LogP contribution in [0.5, 0.6) is 0 Å². The monoisotopic (exact) mass is 176 g/mol. The highest BCUT2D eigenvalue weighted by Gasteiger charge is 2.16. The number of rotatable bonds is 0. The molecule has 0 amide bonds. The van der Waals surface area contributed by atoms with Crippen LogP contribution in [-0.4, -0.2) is 11.2 Å². The molecular weight excluding hydrogens is 168 g/mol. The molecule has 0 heterocycles. The van der Waals surface area contributed by atoms with Crippen molar-refractivity contribution in [2.24, 2.45) is 0 Å².